The van der Waals surface area contributed by atoms with E-state index in [0.29, 0.717) is 5.56 Å². The third kappa shape index (κ3) is 4.38. The van der Waals surface area contributed by atoms with E-state index in [1.807, 2.05) is 0 Å². The van der Waals surface area contributed by atoms with E-state index in [1.54, 1.807) is 6.92 Å². The number of alkyl halides is 1. The van der Waals surface area contributed by atoms with Crippen LogP contribution in [0, 0.1) is 11.8 Å². The number of ketones is 2. The molecule has 1 aromatic carbocycles. The van der Waals surface area contributed by atoms with Crippen LogP contribution in [0.25, 0.3) is 5.76 Å². The second-order valence-electron chi connectivity index (χ2n) is 10.1. The number of phenolic OH excluding ortho intramolecular Hbond substituents is 1. The number of hydrogen-bond acceptors (Lipinski definition) is 11. The van der Waals surface area contributed by atoms with E-state index in [1.165, 1.54) is 31.1 Å². The first-order valence-corrected chi connectivity index (χ1v) is 13.4. The third-order valence-corrected chi connectivity index (χ3v) is 9.44. The number of rotatable bonds is 5. The van der Waals surface area contributed by atoms with Crippen LogP contribution >= 0.6 is 45.5 Å². The number of primary amides is 1. The summed E-state index contributed by atoms with van der Waals surface area (Å²) < 4.78 is 0. The summed E-state index contributed by atoms with van der Waals surface area (Å²) in [4.78, 5) is 52.2. The minimum atomic E-state index is -3.00. The van der Waals surface area contributed by atoms with Gasteiger partial charge in [0, 0.05) is 17.2 Å². The average molecular weight is 707 g/mol. The maximum Gasteiger partial charge on any atom is 0.255 e. The van der Waals surface area contributed by atoms with Gasteiger partial charge >= 0.3 is 0 Å². The summed E-state index contributed by atoms with van der Waals surface area (Å²) in [5.74, 6) is -10.3. The van der Waals surface area contributed by atoms with Gasteiger partial charge in [0.1, 0.15) is 27.7 Å². The lowest BCUT2D eigenvalue weighted by atomic mass is 9.54. The molecule has 12 nitrogen and oxygen atoms in total. The Morgan fingerprint density at radius 2 is 1.82 bits per heavy atom. The number of thiol groups is 1. The number of halogens is 2. The molecule has 8 N–H and O–H groups in total. The molecule has 15 heteroatoms. The largest absolute Gasteiger partial charge is 0.508 e. The summed E-state index contributed by atoms with van der Waals surface area (Å²) in [6.45, 7) is 1.61. The number of aromatic hydroxyl groups is 1. The monoisotopic (exact) mass is 705 g/mol. The molecule has 3 aliphatic rings. The lowest BCUT2D eigenvalue weighted by Crippen LogP contribution is -2.70. The molecular weight excluding hydrogens is 678 g/mol. The van der Waals surface area contributed by atoms with Gasteiger partial charge < -0.3 is 36.6 Å². The van der Waals surface area contributed by atoms with E-state index in [2.05, 4.69) is 33.9 Å². The number of hydrogen-bond donors (Lipinski definition) is 8. The zero-order valence-electron chi connectivity index (χ0n) is 21.5. The summed E-state index contributed by atoms with van der Waals surface area (Å²) in [5, 5.41) is 59.0. The zero-order valence-corrected chi connectivity index (χ0v) is 25.6. The van der Waals surface area contributed by atoms with Crippen molar-refractivity contribution >= 4 is 80.4 Å². The summed E-state index contributed by atoms with van der Waals surface area (Å²) in [7, 11) is 2.87. The van der Waals surface area contributed by atoms with Crippen LogP contribution in [0.5, 0.6) is 5.75 Å². The highest BCUT2D eigenvalue weighted by atomic mass is 79.9. The first kappa shape index (κ1) is 32.1. The Labute approximate surface area is 253 Å². The van der Waals surface area contributed by atoms with Crippen LogP contribution in [0.3, 0.4) is 0 Å². The summed E-state index contributed by atoms with van der Waals surface area (Å²) in [5.41, 5.74) is 0.812. The number of carbonyl (C=O) groups is 4. The van der Waals surface area contributed by atoms with E-state index in [-0.39, 0.29) is 34.0 Å². The molecule has 7 atom stereocenters. The van der Waals surface area contributed by atoms with Crippen molar-refractivity contribution in [1.29, 1.82) is 0 Å². The Balaban J connectivity index is 0.00000441. The minimum absolute atomic E-state index is 0. The summed E-state index contributed by atoms with van der Waals surface area (Å²) in [6, 6.07) is 1.47. The molecule has 0 aliphatic heterocycles. The van der Waals surface area contributed by atoms with E-state index in [9.17, 15) is 44.7 Å². The van der Waals surface area contributed by atoms with E-state index in [0.717, 1.165) is 0 Å². The SMILES string of the molecule is Br.CC1c2ccc(NC(=O)C(Br)CS)c(O)c2C(O)=C2C(=O)[C@]3(O)C(O)=C(C(N)=O)C(=O)[C@@H](N(C)C)C3C(O)C21. The van der Waals surface area contributed by atoms with Gasteiger partial charge in [0.15, 0.2) is 11.4 Å². The van der Waals surface area contributed by atoms with Crippen LogP contribution in [0.2, 0.25) is 0 Å². The fourth-order valence-corrected chi connectivity index (χ4v) is 6.29. The number of nitrogens with two attached hydrogens (primary N) is 1. The van der Waals surface area contributed by atoms with Crippen LogP contribution in [-0.4, -0.2) is 96.2 Å². The number of phenols is 1. The molecule has 40 heavy (non-hydrogen) atoms. The van der Waals surface area contributed by atoms with E-state index in [4.69, 9.17) is 5.73 Å². The second kappa shape index (κ2) is 11.1. The molecule has 3 aliphatic carbocycles. The molecule has 0 radical (unpaired) electrons. The van der Waals surface area contributed by atoms with Crippen molar-refractivity contribution in [3.8, 4) is 5.75 Å². The predicted molar refractivity (Wildman–Crippen MR) is 156 cm³/mol. The molecule has 0 bridgehead atoms. The van der Waals surface area contributed by atoms with Gasteiger partial charge in [0.25, 0.3) is 5.91 Å². The van der Waals surface area contributed by atoms with Crippen LogP contribution in [0.1, 0.15) is 24.0 Å². The van der Waals surface area contributed by atoms with Gasteiger partial charge in [-0.1, -0.05) is 28.9 Å². The number of Topliss-reactive ketones (excluding diaryl/α,β-unsaturated/α-hetero) is 2. The molecule has 0 heterocycles. The van der Waals surface area contributed by atoms with Gasteiger partial charge in [0.2, 0.25) is 11.7 Å². The first-order chi connectivity index (χ1) is 18.1. The number of aliphatic hydroxyl groups is 4. The normalized spacial score (nSPS) is 30.2. The van der Waals surface area contributed by atoms with Crippen LogP contribution < -0.4 is 11.1 Å². The quantitative estimate of drug-likeness (QED) is 0.0930. The molecule has 218 valence electrons. The number of benzene rings is 1. The number of likely N-dealkylation sites (N-methyl/N-ethyl adjacent to an activating group) is 1. The number of nitrogens with zero attached hydrogens (tertiary/aromatic N) is 1. The summed E-state index contributed by atoms with van der Waals surface area (Å²) in [6.07, 6.45) is -1.69. The molecule has 0 saturated heterocycles. The lowest BCUT2D eigenvalue weighted by Gasteiger charge is -2.53. The van der Waals surface area contributed by atoms with Crippen molar-refractivity contribution in [3.05, 3.63) is 40.2 Å². The molecule has 0 spiro atoms. The van der Waals surface area contributed by atoms with Crippen molar-refractivity contribution in [1.82, 2.24) is 4.90 Å². The molecule has 1 fully saturated rings. The number of aliphatic hydroxyl groups excluding tert-OH is 3. The van der Waals surface area contributed by atoms with Crippen LogP contribution in [-0.2, 0) is 19.2 Å². The molecule has 2 amide bonds. The van der Waals surface area contributed by atoms with Gasteiger partial charge in [0.05, 0.1) is 29.3 Å². The van der Waals surface area contributed by atoms with Crippen molar-refractivity contribution < 1.29 is 44.7 Å². The van der Waals surface area contributed by atoms with Gasteiger partial charge in [-0.2, -0.15) is 12.6 Å². The Morgan fingerprint density at radius 3 is 2.35 bits per heavy atom. The predicted octanol–water partition coefficient (Wildman–Crippen LogP) is 0.706. The number of fused-ring (bicyclic) bond motifs is 3. The molecular formula is C25H29Br2N3O9S. The van der Waals surface area contributed by atoms with Crippen molar-refractivity contribution in [2.45, 2.75) is 35.4 Å². The highest BCUT2D eigenvalue weighted by Gasteiger charge is 2.68. The summed E-state index contributed by atoms with van der Waals surface area (Å²) >= 11 is 7.18. The van der Waals surface area contributed by atoms with Gasteiger partial charge in [-0.15, -0.1) is 17.0 Å². The Kier molecular flexibility index (Phi) is 8.90. The maximum absolute atomic E-state index is 14.0. The number of nitrogens with one attached hydrogen (secondary N) is 1. The van der Waals surface area contributed by atoms with Crippen molar-refractivity contribution in [2.75, 3.05) is 25.2 Å². The standard InChI is InChI=1S/C25H28BrN3O9S.BrH/c1-7-8-4-5-10(28-24(37)9(26)6-39)17(30)12(8)18(31)13-11(7)19(32)15-16(29(2)3)20(33)14(23(27)36)22(35)25(15,38)21(13)34;/h4-5,7,9,11,15-16,19,30-32,35,38-39H,6H2,1-3H3,(H2,27,36)(H,28,37);1H/t7?,9?,11?,15?,16-,19?,25-;/m0./s1. The Bertz CT molecular complexity index is 1380. The van der Waals surface area contributed by atoms with E-state index >= 15 is 0 Å². The van der Waals surface area contributed by atoms with E-state index < -0.39 is 92.1 Å². The third-order valence-electron chi connectivity index (χ3n) is 7.83. The zero-order chi connectivity index (χ0) is 29.3. The second-order valence-corrected chi connectivity index (χ2v) is 11.6. The highest BCUT2D eigenvalue weighted by molar-refractivity contribution is 9.10. The molecule has 1 saturated carbocycles. The average Bonchev–Trinajstić information content (AvgIpc) is 2.86. The maximum atomic E-state index is 14.0. The van der Waals surface area contributed by atoms with Gasteiger partial charge in [-0.25, -0.2) is 0 Å². The first-order valence-electron chi connectivity index (χ1n) is 11.9. The Morgan fingerprint density at radius 1 is 1.23 bits per heavy atom. The minimum Gasteiger partial charge on any atom is -0.508 e. The number of carbonyl (C=O) groups excluding carboxylic acids is 4. The fourth-order valence-electron chi connectivity index (χ4n) is 6.01. The molecule has 0 aromatic heterocycles. The molecule has 4 rings (SSSR count). The number of anilines is 1. The van der Waals surface area contributed by atoms with Crippen molar-refractivity contribution in [3.63, 3.8) is 0 Å². The Hall–Kier alpha value is -2.43. The van der Waals surface area contributed by atoms with Gasteiger partial charge in [-0.3, -0.25) is 24.1 Å². The molecule has 5 unspecified atom stereocenters. The number of amides is 2. The van der Waals surface area contributed by atoms with Gasteiger partial charge in [-0.05, 0) is 31.6 Å². The lowest BCUT2D eigenvalue weighted by molar-refractivity contribution is -0.169. The highest BCUT2D eigenvalue weighted by Crippen LogP contribution is 2.56. The van der Waals surface area contributed by atoms with Crippen LogP contribution in [0.15, 0.2) is 29.0 Å². The van der Waals surface area contributed by atoms with Crippen LogP contribution in [0.4, 0.5) is 5.69 Å². The smallest absolute Gasteiger partial charge is 0.255 e. The fraction of sp³-hybridized carbons (Fsp3) is 0.440. The molecule has 1 aromatic rings. The van der Waals surface area contributed by atoms with Crippen molar-refractivity contribution in [2.24, 2.45) is 17.6 Å². The topological polar surface area (TPSA) is 211 Å².